The van der Waals surface area contributed by atoms with E-state index in [1.807, 2.05) is 20.2 Å². The number of hydrogen-bond donors (Lipinski definition) is 2. The number of aromatic nitrogens is 2. The van der Waals surface area contributed by atoms with Crippen LogP contribution in [-0.4, -0.2) is 24.1 Å². The molecule has 2 aromatic rings. The van der Waals surface area contributed by atoms with E-state index in [4.69, 9.17) is 4.74 Å². The van der Waals surface area contributed by atoms with Crippen molar-refractivity contribution in [1.29, 1.82) is 0 Å². The van der Waals surface area contributed by atoms with Gasteiger partial charge in [-0.05, 0) is 31.2 Å². The molecule has 2 N–H and O–H groups in total. The van der Waals surface area contributed by atoms with E-state index in [2.05, 4.69) is 33.5 Å². The molecule has 0 amide bonds. The molecule has 0 aliphatic heterocycles. The highest BCUT2D eigenvalue weighted by molar-refractivity contribution is 5.38. The molecule has 0 radical (unpaired) electrons. The van der Waals surface area contributed by atoms with Crippen LogP contribution in [0.5, 0.6) is 5.75 Å². The zero-order chi connectivity index (χ0) is 13.0. The topological polar surface area (TPSA) is 49.9 Å². The van der Waals surface area contributed by atoms with Gasteiger partial charge in [-0.3, -0.25) is 0 Å². The van der Waals surface area contributed by atoms with Gasteiger partial charge in [-0.1, -0.05) is 12.1 Å². The maximum Gasteiger partial charge on any atom is 0.122 e. The van der Waals surface area contributed by atoms with Gasteiger partial charge in [0.05, 0.1) is 7.11 Å². The molecule has 0 aliphatic carbocycles. The summed E-state index contributed by atoms with van der Waals surface area (Å²) in [4.78, 5) is 7.39. The Morgan fingerprint density at radius 3 is 2.89 bits per heavy atom. The molecule has 1 heterocycles. The Labute approximate surface area is 107 Å². The quantitative estimate of drug-likeness (QED) is 0.849. The van der Waals surface area contributed by atoms with Crippen molar-refractivity contribution in [3.05, 3.63) is 47.5 Å². The summed E-state index contributed by atoms with van der Waals surface area (Å²) in [6.07, 6.45) is 4.45. The first-order valence-corrected chi connectivity index (χ1v) is 6.04. The van der Waals surface area contributed by atoms with Crippen LogP contribution in [0, 0.1) is 6.92 Å². The summed E-state index contributed by atoms with van der Waals surface area (Å²) in [6, 6.07) is 6.52. The van der Waals surface area contributed by atoms with Crippen LogP contribution in [-0.2, 0) is 6.42 Å². The second kappa shape index (κ2) is 5.69. The SMILES string of the molecule is CNC(Cc1ncc[nH]1)c1ccc(C)c(OC)c1. The van der Waals surface area contributed by atoms with E-state index in [9.17, 15) is 0 Å². The lowest BCUT2D eigenvalue weighted by Crippen LogP contribution is -2.19. The van der Waals surface area contributed by atoms with E-state index in [0.717, 1.165) is 23.6 Å². The summed E-state index contributed by atoms with van der Waals surface area (Å²) >= 11 is 0. The van der Waals surface area contributed by atoms with Crippen LogP contribution in [0.4, 0.5) is 0 Å². The summed E-state index contributed by atoms with van der Waals surface area (Å²) in [5.74, 6) is 1.90. The van der Waals surface area contributed by atoms with Gasteiger partial charge in [0.25, 0.3) is 0 Å². The molecule has 0 aliphatic rings. The first-order chi connectivity index (χ1) is 8.74. The van der Waals surface area contributed by atoms with Gasteiger partial charge in [0.15, 0.2) is 0 Å². The molecule has 4 heteroatoms. The number of methoxy groups -OCH3 is 1. The van der Waals surface area contributed by atoms with E-state index < -0.39 is 0 Å². The van der Waals surface area contributed by atoms with Crippen molar-refractivity contribution in [3.63, 3.8) is 0 Å². The van der Waals surface area contributed by atoms with Gasteiger partial charge in [0.2, 0.25) is 0 Å². The van der Waals surface area contributed by atoms with Crippen LogP contribution in [0.15, 0.2) is 30.6 Å². The van der Waals surface area contributed by atoms with Gasteiger partial charge in [-0.15, -0.1) is 0 Å². The number of likely N-dealkylation sites (N-methyl/N-ethyl adjacent to an activating group) is 1. The number of aryl methyl sites for hydroxylation is 1. The smallest absolute Gasteiger partial charge is 0.122 e. The highest BCUT2D eigenvalue weighted by Gasteiger charge is 2.13. The van der Waals surface area contributed by atoms with Gasteiger partial charge >= 0.3 is 0 Å². The Hall–Kier alpha value is -1.81. The summed E-state index contributed by atoms with van der Waals surface area (Å²) in [7, 11) is 3.66. The standard InChI is InChI=1S/C14H19N3O/c1-10-4-5-11(8-13(10)18-3)12(15-2)9-14-16-6-7-17-14/h4-8,12,15H,9H2,1-3H3,(H,16,17). The fraction of sp³-hybridized carbons (Fsp3) is 0.357. The maximum atomic E-state index is 5.36. The number of nitrogens with zero attached hydrogens (tertiary/aromatic N) is 1. The number of benzene rings is 1. The van der Waals surface area contributed by atoms with Crippen molar-refractivity contribution in [1.82, 2.24) is 15.3 Å². The minimum atomic E-state index is 0.227. The number of imidazole rings is 1. The van der Waals surface area contributed by atoms with Crippen LogP contribution in [0.25, 0.3) is 0 Å². The van der Waals surface area contributed by atoms with Crippen molar-refractivity contribution >= 4 is 0 Å². The van der Waals surface area contributed by atoms with Crippen molar-refractivity contribution in [2.45, 2.75) is 19.4 Å². The van der Waals surface area contributed by atoms with E-state index in [1.165, 1.54) is 5.56 Å². The fourth-order valence-corrected chi connectivity index (χ4v) is 2.04. The molecule has 1 aromatic heterocycles. The van der Waals surface area contributed by atoms with Gasteiger partial charge < -0.3 is 15.0 Å². The number of aromatic amines is 1. The van der Waals surface area contributed by atoms with Gasteiger partial charge in [-0.2, -0.15) is 0 Å². The first kappa shape index (κ1) is 12.6. The second-order valence-corrected chi connectivity index (χ2v) is 4.31. The van der Waals surface area contributed by atoms with Gasteiger partial charge in [0, 0.05) is 24.9 Å². The average Bonchev–Trinajstić information content (AvgIpc) is 2.89. The van der Waals surface area contributed by atoms with E-state index in [1.54, 1.807) is 13.3 Å². The number of hydrogen-bond acceptors (Lipinski definition) is 3. The molecule has 1 aromatic carbocycles. The normalized spacial score (nSPS) is 12.4. The third-order valence-corrected chi connectivity index (χ3v) is 3.14. The Bertz CT molecular complexity index is 494. The largest absolute Gasteiger partial charge is 0.496 e. The highest BCUT2D eigenvalue weighted by Crippen LogP contribution is 2.24. The zero-order valence-electron chi connectivity index (χ0n) is 11.0. The summed E-state index contributed by atoms with van der Waals surface area (Å²) in [6.45, 7) is 2.05. The Morgan fingerprint density at radius 2 is 2.28 bits per heavy atom. The Morgan fingerprint density at radius 1 is 1.44 bits per heavy atom. The molecule has 0 fully saturated rings. The number of rotatable bonds is 5. The van der Waals surface area contributed by atoms with E-state index in [0.29, 0.717) is 0 Å². The molecule has 0 bridgehead atoms. The third kappa shape index (κ3) is 2.71. The molecule has 1 unspecified atom stereocenters. The van der Waals surface area contributed by atoms with Crippen LogP contribution < -0.4 is 10.1 Å². The summed E-state index contributed by atoms with van der Waals surface area (Å²) in [5, 5.41) is 3.31. The molecular formula is C14H19N3O. The Balaban J connectivity index is 2.21. The van der Waals surface area contributed by atoms with Crippen molar-refractivity contribution in [3.8, 4) is 5.75 Å². The molecule has 1 atom stereocenters. The zero-order valence-corrected chi connectivity index (χ0v) is 11.0. The minimum absolute atomic E-state index is 0.227. The van der Waals surface area contributed by atoms with Crippen LogP contribution in [0.2, 0.25) is 0 Å². The van der Waals surface area contributed by atoms with E-state index in [-0.39, 0.29) is 6.04 Å². The first-order valence-electron chi connectivity index (χ1n) is 6.04. The lowest BCUT2D eigenvalue weighted by molar-refractivity contribution is 0.410. The van der Waals surface area contributed by atoms with Gasteiger partial charge in [0.1, 0.15) is 11.6 Å². The molecule has 96 valence electrons. The number of H-pyrrole nitrogens is 1. The lowest BCUT2D eigenvalue weighted by Gasteiger charge is -2.17. The van der Waals surface area contributed by atoms with Crippen LogP contribution in [0.3, 0.4) is 0 Å². The van der Waals surface area contributed by atoms with E-state index >= 15 is 0 Å². The molecule has 2 rings (SSSR count). The monoisotopic (exact) mass is 245 g/mol. The fourth-order valence-electron chi connectivity index (χ4n) is 2.04. The highest BCUT2D eigenvalue weighted by atomic mass is 16.5. The minimum Gasteiger partial charge on any atom is -0.496 e. The van der Waals surface area contributed by atoms with Crippen molar-refractivity contribution in [2.75, 3.05) is 14.2 Å². The van der Waals surface area contributed by atoms with Crippen molar-refractivity contribution in [2.24, 2.45) is 0 Å². The average molecular weight is 245 g/mol. The molecular weight excluding hydrogens is 226 g/mol. The molecule has 0 spiro atoms. The Kier molecular flexibility index (Phi) is 3.99. The maximum absolute atomic E-state index is 5.36. The summed E-state index contributed by atoms with van der Waals surface area (Å²) in [5.41, 5.74) is 2.35. The van der Waals surface area contributed by atoms with Crippen LogP contribution in [0.1, 0.15) is 23.0 Å². The molecule has 0 saturated carbocycles. The van der Waals surface area contributed by atoms with Crippen LogP contribution >= 0.6 is 0 Å². The summed E-state index contributed by atoms with van der Waals surface area (Å²) < 4.78 is 5.36. The lowest BCUT2D eigenvalue weighted by atomic mass is 10.0. The molecule has 18 heavy (non-hydrogen) atoms. The molecule has 0 saturated heterocycles. The van der Waals surface area contributed by atoms with Gasteiger partial charge in [-0.25, -0.2) is 4.98 Å². The predicted molar refractivity (Wildman–Crippen MR) is 71.8 cm³/mol. The third-order valence-electron chi connectivity index (χ3n) is 3.14. The number of nitrogens with one attached hydrogen (secondary N) is 2. The van der Waals surface area contributed by atoms with Crippen molar-refractivity contribution < 1.29 is 4.74 Å². The molecule has 4 nitrogen and oxygen atoms in total. The second-order valence-electron chi connectivity index (χ2n) is 4.31. The predicted octanol–water partition coefficient (Wildman–Crippen LogP) is 2.23. The number of ether oxygens (including phenoxy) is 1.